The van der Waals surface area contributed by atoms with Gasteiger partial charge in [0, 0.05) is 29.6 Å². The van der Waals surface area contributed by atoms with Gasteiger partial charge in [-0.25, -0.2) is 0 Å². The lowest BCUT2D eigenvalue weighted by atomic mass is 10.2. The highest BCUT2D eigenvalue weighted by atomic mass is 35.5. The van der Waals surface area contributed by atoms with Gasteiger partial charge in [0.05, 0.1) is 0 Å². The Morgan fingerprint density at radius 3 is 2.40 bits per heavy atom. The third kappa shape index (κ3) is 6.06. The van der Waals surface area contributed by atoms with E-state index in [1.165, 1.54) is 0 Å². The number of halogens is 1. The van der Waals surface area contributed by atoms with Crippen LogP contribution in [-0.4, -0.2) is 17.7 Å². The van der Waals surface area contributed by atoms with Crippen molar-refractivity contribution in [2.75, 3.05) is 16.5 Å². The number of rotatable bonds is 7. The molecular weight excluding hydrogens is 276 g/mol. The number of benzene rings is 1. The van der Waals surface area contributed by atoms with Crippen LogP contribution in [0.2, 0.25) is 0 Å². The van der Waals surface area contributed by atoms with Crippen molar-refractivity contribution in [2.24, 2.45) is 5.92 Å². The van der Waals surface area contributed by atoms with E-state index in [4.69, 9.17) is 11.6 Å². The van der Waals surface area contributed by atoms with E-state index in [2.05, 4.69) is 10.6 Å². The summed E-state index contributed by atoms with van der Waals surface area (Å²) in [4.78, 5) is 23.3. The van der Waals surface area contributed by atoms with Crippen LogP contribution in [0.4, 0.5) is 11.4 Å². The molecule has 0 unspecified atom stereocenters. The summed E-state index contributed by atoms with van der Waals surface area (Å²) in [6.07, 6.45) is 2.06. The van der Waals surface area contributed by atoms with Crippen LogP contribution in [-0.2, 0) is 9.59 Å². The molecule has 5 heteroatoms. The second kappa shape index (κ2) is 8.59. The van der Waals surface area contributed by atoms with Gasteiger partial charge in [-0.2, -0.15) is 0 Å². The monoisotopic (exact) mass is 296 g/mol. The number of nitrogens with one attached hydrogen (secondary N) is 2. The Balaban J connectivity index is 2.55. The minimum atomic E-state index is -0.0798. The summed E-state index contributed by atoms with van der Waals surface area (Å²) in [6.45, 7) is 3.66. The molecular formula is C15H21ClN2O2. The molecule has 0 atom stereocenters. The van der Waals surface area contributed by atoms with Crippen LogP contribution < -0.4 is 10.6 Å². The van der Waals surface area contributed by atoms with Crippen LogP contribution in [0.5, 0.6) is 0 Å². The Morgan fingerprint density at radius 1 is 1.15 bits per heavy atom. The summed E-state index contributed by atoms with van der Waals surface area (Å²) in [7, 11) is 0. The highest BCUT2D eigenvalue weighted by molar-refractivity contribution is 6.17. The van der Waals surface area contributed by atoms with Gasteiger partial charge >= 0.3 is 0 Å². The first-order chi connectivity index (χ1) is 9.52. The number of amides is 2. The van der Waals surface area contributed by atoms with Gasteiger partial charge in [0.2, 0.25) is 11.8 Å². The molecule has 0 bridgehead atoms. The summed E-state index contributed by atoms with van der Waals surface area (Å²) in [5, 5.41) is 5.61. The molecule has 0 aromatic heterocycles. The molecule has 0 aliphatic carbocycles. The first-order valence-corrected chi connectivity index (χ1v) is 7.33. The van der Waals surface area contributed by atoms with E-state index in [-0.39, 0.29) is 17.7 Å². The van der Waals surface area contributed by atoms with Crippen molar-refractivity contribution in [3.05, 3.63) is 24.3 Å². The molecule has 0 fully saturated rings. The van der Waals surface area contributed by atoms with E-state index in [1.54, 1.807) is 24.3 Å². The number of carbonyl (C=O) groups excluding carboxylic acids is 2. The molecule has 0 spiro atoms. The molecule has 1 aromatic rings. The Morgan fingerprint density at radius 2 is 1.80 bits per heavy atom. The molecule has 0 aliphatic heterocycles. The van der Waals surface area contributed by atoms with Gasteiger partial charge < -0.3 is 10.6 Å². The number of unbranched alkanes of at least 4 members (excludes halogenated alkanes) is 1. The summed E-state index contributed by atoms with van der Waals surface area (Å²) in [6, 6.07) is 7.14. The van der Waals surface area contributed by atoms with E-state index >= 15 is 0 Å². The molecule has 4 nitrogen and oxygen atoms in total. The van der Waals surface area contributed by atoms with Crippen molar-refractivity contribution < 1.29 is 9.59 Å². The molecule has 2 N–H and O–H groups in total. The molecule has 2 amide bonds. The number of carbonyl (C=O) groups is 2. The Hall–Kier alpha value is -1.55. The lowest BCUT2D eigenvalue weighted by Crippen LogP contribution is -2.18. The van der Waals surface area contributed by atoms with Gasteiger partial charge in [-0.1, -0.05) is 19.9 Å². The number of alkyl halides is 1. The molecule has 1 rings (SSSR count). The van der Waals surface area contributed by atoms with Crippen LogP contribution in [0.15, 0.2) is 24.3 Å². The lowest BCUT2D eigenvalue weighted by molar-refractivity contribution is -0.119. The SMILES string of the molecule is CC(C)C(=O)Nc1cccc(NC(=O)CCCCCl)c1. The molecule has 110 valence electrons. The van der Waals surface area contributed by atoms with Crippen LogP contribution >= 0.6 is 11.6 Å². The van der Waals surface area contributed by atoms with E-state index in [0.29, 0.717) is 23.7 Å². The van der Waals surface area contributed by atoms with Crippen molar-refractivity contribution in [1.29, 1.82) is 0 Å². The second-order valence-corrected chi connectivity index (χ2v) is 5.30. The van der Waals surface area contributed by atoms with Crippen molar-refractivity contribution in [2.45, 2.75) is 33.1 Å². The maximum absolute atomic E-state index is 11.7. The highest BCUT2D eigenvalue weighted by Gasteiger charge is 2.08. The normalized spacial score (nSPS) is 10.4. The quantitative estimate of drug-likeness (QED) is 0.596. The molecule has 20 heavy (non-hydrogen) atoms. The standard InChI is InChI=1S/C15H21ClN2O2/c1-11(2)15(20)18-13-7-5-6-12(10-13)17-14(19)8-3-4-9-16/h5-7,10-11H,3-4,8-9H2,1-2H3,(H,17,19)(H,18,20). The minimum Gasteiger partial charge on any atom is -0.326 e. The molecule has 0 heterocycles. The first-order valence-electron chi connectivity index (χ1n) is 6.79. The van der Waals surface area contributed by atoms with Gasteiger partial charge in [-0.15, -0.1) is 11.6 Å². The largest absolute Gasteiger partial charge is 0.326 e. The van der Waals surface area contributed by atoms with Crippen LogP contribution in [0.3, 0.4) is 0 Å². The predicted molar refractivity (Wildman–Crippen MR) is 83.1 cm³/mol. The van der Waals surface area contributed by atoms with Gasteiger partial charge in [0.1, 0.15) is 0 Å². The molecule has 0 radical (unpaired) electrons. The third-order valence-corrected chi connectivity index (χ3v) is 2.99. The predicted octanol–water partition coefficient (Wildman–Crippen LogP) is 3.63. The Labute approximate surface area is 124 Å². The fourth-order valence-electron chi connectivity index (χ4n) is 1.56. The Bertz CT molecular complexity index is 461. The van der Waals surface area contributed by atoms with E-state index in [9.17, 15) is 9.59 Å². The summed E-state index contributed by atoms with van der Waals surface area (Å²) in [5.41, 5.74) is 1.37. The zero-order valence-electron chi connectivity index (χ0n) is 11.9. The van der Waals surface area contributed by atoms with Crippen molar-refractivity contribution in [3.63, 3.8) is 0 Å². The summed E-state index contributed by atoms with van der Waals surface area (Å²) >= 11 is 5.57. The highest BCUT2D eigenvalue weighted by Crippen LogP contribution is 2.16. The maximum Gasteiger partial charge on any atom is 0.226 e. The average molecular weight is 297 g/mol. The van der Waals surface area contributed by atoms with E-state index in [0.717, 1.165) is 12.8 Å². The fraction of sp³-hybridized carbons (Fsp3) is 0.467. The number of anilines is 2. The molecule has 0 saturated carbocycles. The summed E-state index contributed by atoms with van der Waals surface area (Å²) in [5.74, 6) is 0.408. The van der Waals surface area contributed by atoms with Crippen molar-refractivity contribution >= 4 is 34.8 Å². The van der Waals surface area contributed by atoms with Gasteiger partial charge in [0.25, 0.3) is 0 Å². The Kier molecular flexibility index (Phi) is 7.09. The third-order valence-electron chi connectivity index (χ3n) is 2.73. The zero-order chi connectivity index (χ0) is 15.0. The average Bonchev–Trinajstić information content (AvgIpc) is 2.39. The maximum atomic E-state index is 11.7. The van der Waals surface area contributed by atoms with Crippen molar-refractivity contribution in [3.8, 4) is 0 Å². The molecule has 0 saturated heterocycles. The molecule has 1 aromatic carbocycles. The first kappa shape index (κ1) is 16.5. The minimum absolute atomic E-state index is 0.0394. The number of hydrogen-bond donors (Lipinski definition) is 2. The zero-order valence-corrected chi connectivity index (χ0v) is 12.7. The van der Waals surface area contributed by atoms with Gasteiger partial charge in [-0.05, 0) is 31.0 Å². The second-order valence-electron chi connectivity index (χ2n) is 4.92. The summed E-state index contributed by atoms with van der Waals surface area (Å²) < 4.78 is 0. The van der Waals surface area contributed by atoms with Crippen molar-refractivity contribution in [1.82, 2.24) is 0 Å². The van der Waals surface area contributed by atoms with Crippen LogP contribution in [0.25, 0.3) is 0 Å². The molecule has 0 aliphatic rings. The smallest absolute Gasteiger partial charge is 0.226 e. The van der Waals surface area contributed by atoms with Gasteiger partial charge in [0.15, 0.2) is 0 Å². The van der Waals surface area contributed by atoms with Crippen LogP contribution in [0, 0.1) is 5.92 Å². The van der Waals surface area contributed by atoms with E-state index in [1.807, 2.05) is 13.8 Å². The number of hydrogen-bond acceptors (Lipinski definition) is 2. The lowest BCUT2D eigenvalue weighted by Gasteiger charge is -2.10. The van der Waals surface area contributed by atoms with Crippen LogP contribution in [0.1, 0.15) is 33.1 Å². The van der Waals surface area contributed by atoms with Gasteiger partial charge in [-0.3, -0.25) is 9.59 Å². The van der Waals surface area contributed by atoms with E-state index < -0.39 is 0 Å². The fourth-order valence-corrected chi connectivity index (χ4v) is 1.75. The topological polar surface area (TPSA) is 58.2 Å².